The summed E-state index contributed by atoms with van der Waals surface area (Å²) in [6, 6.07) is 3.95. The lowest BCUT2D eigenvalue weighted by atomic mass is 10.2. The summed E-state index contributed by atoms with van der Waals surface area (Å²) in [6.45, 7) is 1.57. The number of carbonyl (C=O) groups is 1. The summed E-state index contributed by atoms with van der Waals surface area (Å²) in [5, 5.41) is 0. The number of benzene rings is 1. The lowest BCUT2D eigenvalue weighted by Gasteiger charge is -2.00. The quantitative estimate of drug-likeness (QED) is 0.634. The zero-order valence-electron chi connectivity index (χ0n) is 6.30. The summed E-state index contributed by atoms with van der Waals surface area (Å²) in [5.41, 5.74) is -0.522. The van der Waals surface area contributed by atoms with E-state index in [0.29, 0.717) is 5.56 Å². The minimum absolute atomic E-state index is 0.244. The van der Waals surface area contributed by atoms with Crippen molar-refractivity contribution < 1.29 is 13.9 Å². The van der Waals surface area contributed by atoms with Crippen molar-refractivity contribution in [2.24, 2.45) is 0 Å². The molecule has 0 heterocycles. The summed E-state index contributed by atoms with van der Waals surface area (Å²) < 4.78 is 17.2. The third kappa shape index (κ3) is 2.20. The molecule has 2 nitrogen and oxygen atoms in total. The highest BCUT2D eigenvalue weighted by atomic mass is 35.5. The summed E-state index contributed by atoms with van der Waals surface area (Å²) in [4.78, 5) is 10.3. The van der Waals surface area contributed by atoms with Crippen LogP contribution in [0, 0.1) is 12.7 Å². The largest absolute Gasteiger partial charge is 0.414 e. The fourth-order valence-corrected chi connectivity index (χ4v) is 0.862. The zero-order chi connectivity index (χ0) is 9.14. The maximum atomic E-state index is 12.7. The smallest absolute Gasteiger partial charge is 0.409 e. The Morgan fingerprint density at radius 2 is 2.25 bits per heavy atom. The number of rotatable bonds is 1. The van der Waals surface area contributed by atoms with Crippen LogP contribution < -0.4 is 4.74 Å². The minimum atomic E-state index is -0.930. The van der Waals surface area contributed by atoms with Crippen molar-refractivity contribution in [3.8, 4) is 5.75 Å². The monoisotopic (exact) mass is 188 g/mol. The van der Waals surface area contributed by atoms with Crippen molar-refractivity contribution in [3.63, 3.8) is 0 Å². The van der Waals surface area contributed by atoms with Crippen LogP contribution in [-0.2, 0) is 0 Å². The summed E-state index contributed by atoms with van der Waals surface area (Å²) >= 11 is 4.95. The molecule has 0 saturated heterocycles. The molecule has 0 radical (unpaired) electrons. The maximum Gasteiger partial charge on any atom is 0.409 e. The predicted molar refractivity (Wildman–Crippen MR) is 43.0 cm³/mol. The van der Waals surface area contributed by atoms with E-state index in [-0.39, 0.29) is 11.6 Å². The van der Waals surface area contributed by atoms with E-state index in [1.54, 1.807) is 6.92 Å². The van der Waals surface area contributed by atoms with Gasteiger partial charge in [0.1, 0.15) is 11.6 Å². The van der Waals surface area contributed by atoms with E-state index < -0.39 is 5.43 Å². The van der Waals surface area contributed by atoms with Crippen molar-refractivity contribution in [1.82, 2.24) is 0 Å². The van der Waals surface area contributed by atoms with Crippen LogP contribution in [0.15, 0.2) is 18.2 Å². The molecule has 1 aromatic rings. The number of halogens is 2. The lowest BCUT2D eigenvalue weighted by Crippen LogP contribution is -1.96. The molecule has 0 N–H and O–H groups in total. The normalized spacial score (nSPS) is 9.58. The number of carbonyl (C=O) groups excluding carboxylic acids is 1. The van der Waals surface area contributed by atoms with Crippen LogP contribution in [0.1, 0.15) is 5.56 Å². The number of ether oxygens (including phenoxy) is 1. The third-order valence-electron chi connectivity index (χ3n) is 1.33. The molecule has 0 unspecified atom stereocenters. The lowest BCUT2D eigenvalue weighted by molar-refractivity contribution is 0.225. The molecular formula is C8H6ClFO2. The molecule has 0 aliphatic heterocycles. The van der Waals surface area contributed by atoms with Crippen LogP contribution in [0.4, 0.5) is 9.18 Å². The van der Waals surface area contributed by atoms with E-state index in [4.69, 9.17) is 11.6 Å². The second-order valence-corrected chi connectivity index (χ2v) is 2.56. The Labute approximate surface area is 73.9 Å². The Bertz CT molecular complexity index is 312. The molecule has 1 aromatic carbocycles. The Kier molecular flexibility index (Phi) is 2.65. The van der Waals surface area contributed by atoms with Gasteiger partial charge in [-0.15, -0.1) is 0 Å². The molecular weight excluding hydrogens is 183 g/mol. The molecule has 0 aliphatic rings. The standard InChI is InChI=1S/C8H6ClFO2/c1-5-4-6(12-8(9)11)2-3-7(5)10/h2-4H,1H3. The maximum absolute atomic E-state index is 12.7. The van der Waals surface area contributed by atoms with Crippen LogP contribution >= 0.6 is 11.6 Å². The predicted octanol–water partition coefficient (Wildman–Crippen LogP) is 2.87. The Morgan fingerprint density at radius 1 is 1.58 bits per heavy atom. The Balaban J connectivity index is 2.89. The highest BCUT2D eigenvalue weighted by Gasteiger charge is 2.02. The molecule has 0 saturated carbocycles. The van der Waals surface area contributed by atoms with Crippen molar-refractivity contribution in [2.45, 2.75) is 6.92 Å². The third-order valence-corrected chi connectivity index (χ3v) is 1.40. The van der Waals surface area contributed by atoms with Gasteiger partial charge in [-0.25, -0.2) is 9.18 Å². The highest BCUT2D eigenvalue weighted by Crippen LogP contribution is 2.16. The molecule has 4 heteroatoms. The van der Waals surface area contributed by atoms with Gasteiger partial charge in [-0.3, -0.25) is 0 Å². The van der Waals surface area contributed by atoms with Gasteiger partial charge in [0, 0.05) is 11.6 Å². The average molecular weight is 189 g/mol. The molecule has 0 aromatic heterocycles. The molecule has 0 fully saturated rings. The van der Waals surface area contributed by atoms with Gasteiger partial charge in [-0.05, 0) is 30.7 Å². The summed E-state index contributed by atoms with van der Waals surface area (Å²) in [5.74, 6) is -0.0988. The minimum Gasteiger partial charge on any atom is -0.414 e. The molecule has 0 atom stereocenters. The molecule has 1 rings (SSSR count). The molecule has 12 heavy (non-hydrogen) atoms. The van der Waals surface area contributed by atoms with E-state index in [2.05, 4.69) is 4.74 Å². The Hall–Kier alpha value is -1.09. The first-order valence-corrected chi connectivity index (χ1v) is 3.61. The molecule has 0 amide bonds. The van der Waals surface area contributed by atoms with Crippen molar-refractivity contribution >= 4 is 17.0 Å². The van der Waals surface area contributed by atoms with E-state index >= 15 is 0 Å². The molecule has 64 valence electrons. The average Bonchev–Trinajstić information content (AvgIpc) is 1.96. The van der Waals surface area contributed by atoms with E-state index in [9.17, 15) is 9.18 Å². The first-order chi connectivity index (χ1) is 5.59. The second-order valence-electron chi connectivity index (χ2n) is 2.25. The zero-order valence-corrected chi connectivity index (χ0v) is 7.06. The van der Waals surface area contributed by atoms with E-state index in [1.807, 2.05) is 0 Å². The first-order valence-electron chi connectivity index (χ1n) is 3.23. The van der Waals surface area contributed by atoms with E-state index in [1.165, 1.54) is 18.2 Å². The number of hydrogen-bond acceptors (Lipinski definition) is 2. The van der Waals surface area contributed by atoms with Gasteiger partial charge < -0.3 is 4.74 Å². The summed E-state index contributed by atoms with van der Waals surface area (Å²) in [7, 11) is 0. The van der Waals surface area contributed by atoms with Crippen molar-refractivity contribution in [3.05, 3.63) is 29.6 Å². The fourth-order valence-electron chi connectivity index (χ4n) is 0.773. The molecule has 0 spiro atoms. The van der Waals surface area contributed by atoms with Crippen LogP contribution in [0.25, 0.3) is 0 Å². The SMILES string of the molecule is Cc1cc(OC(=O)Cl)ccc1F. The van der Waals surface area contributed by atoms with Crippen LogP contribution in [0.3, 0.4) is 0 Å². The van der Waals surface area contributed by atoms with Crippen molar-refractivity contribution in [1.29, 1.82) is 0 Å². The topological polar surface area (TPSA) is 26.3 Å². The number of aryl methyl sites for hydroxylation is 1. The Morgan fingerprint density at radius 3 is 2.75 bits per heavy atom. The van der Waals surface area contributed by atoms with Crippen LogP contribution in [0.2, 0.25) is 0 Å². The van der Waals surface area contributed by atoms with Gasteiger partial charge in [-0.2, -0.15) is 0 Å². The van der Waals surface area contributed by atoms with Gasteiger partial charge in [-0.1, -0.05) is 0 Å². The van der Waals surface area contributed by atoms with Gasteiger partial charge in [0.2, 0.25) is 0 Å². The fraction of sp³-hybridized carbons (Fsp3) is 0.125. The highest BCUT2D eigenvalue weighted by molar-refractivity contribution is 6.61. The van der Waals surface area contributed by atoms with Crippen LogP contribution in [-0.4, -0.2) is 5.43 Å². The van der Waals surface area contributed by atoms with Crippen LogP contribution in [0.5, 0.6) is 5.75 Å². The van der Waals surface area contributed by atoms with Gasteiger partial charge in [0.15, 0.2) is 0 Å². The van der Waals surface area contributed by atoms with Gasteiger partial charge >= 0.3 is 5.43 Å². The van der Waals surface area contributed by atoms with Crippen molar-refractivity contribution in [2.75, 3.05) is 0 Å². The first kappa shape index (κ1) is 9.00. The van der Waals surface area contributed by atoms with Gasteiger partial charge in [0.25, 0.3) is 0 Å². The molecule has 0 aliphatic carbocycles. The summed E-state index contributed by atoms with van der Waals surface area (Å²) in [6.07, 6.45) is 0. The molecule has 0 bridgehead atoms. The second kappa shape index (κ2) is 3.54. The van der Waals surface area contributed by atoms with E-state index in [0.717, 1.165) is 0 Å². The number of hydrogen-bond donors (Lipinski definition) is 0. The van der Waals surface area contributed by atoms with Gasteiger partial charge in [0.05, 0.1) is 0 Å².